The van der Waals surface area contributed by atoms with Gasteiger partial charge in [0, 0.05) is 6.54 Å². The summed E-state index contributed by atoms with van der Waals surface area (Å²) in [6.07, 6.45) is 1.80. The number of aromatic hydroxyl groups is 1. The summed E-state index contributed by atoms with van der Waals surface area (Å²) in [5, 5.41) is 11.5. The van der Waals surface area contributed by atoms with Crippen LogP contribution in [0, 0.1) is 0 Å². The van der Waals surface area contributed by atoms with Gasteiger partial charge in [-0.3, -0.25) is 14.8 Å². The lowest BCUT2D eigenvalue weighted by Gasteiger charge is -2.14. The molecule has 6 heteroatoms. The van der Waals surface area contributed by atoms with Crippen LogP contribution in [-0.2, 0) is 0 Å². The smallest absolute Gasteiger partial charge is 0.307 e. The van der Waals surface area contributed by atoms with Gasteiger partial charge in [0.25, 0.3) is 0 Å². The summed E-state index contributed by atoms with van der Waals surface area (Å²) in [7, 11) is 0. The lowest BCUT2D eigenvalue weighted by atomic mass is 10.2. The Morgan fingerprint density at radius 1 is 1.58 bits per heavy atom. The predicted octanol–water partition coefficient (Wildman–Crippen LogP) is 0.388. The Morgan fingerprint density at radius 2 is 2.42 bits per heavy atom. The van der Waals surface area contributed by atoms with Crippen molar-refractivity contribution in [2.45, 2.75) is 6.92 Å². The number of nitrogens with zero attached hydrogens (tertiary/aromatic N) is 2. The molecule has 0 unspecified atom stereocenters. The third-order valence-corrected chi connectivity index (χ3v) is 3.91. The zero-order valence-corrected chi connectivity index (χ0v) is 11.2. The van der Waals surface area contributed by atoms with Crippen LogP contribution < -0.4 is 20.3 Å². The molecule has 2 heterocycles. The minimum absolute atomic E-state index is 0.0764. The third kappa shape index (κ3) is 2.15. The minimum Gasteiger partial charge on any atom is -0.493 e. The highest BCUT2D eigenvalue weighted by molar-refractivity contribution is 7.10. The van der Waals surface area contributed by atoms with Gasteiger partial charge in [0.05, 0.1) is 15.9 Å². The fourth-order valence-corrected chi connectivity index (χ4v) is 2.80. The first-order valence-corrected chi connectivity index (χ1v) is 6.82. The van der Waals surface area contributed by atoms with Crippen LogP contribution in [0.1, 0.15) is 11.8 Å². The second-order valence-corrected chi connectivity index (χ2v) is 5.29. The van der Waals surface area contributed by atoms with Crippen molar-refractivity contribution in [1.82, 2.24) is 4.98 Å². The first-order chi connectivity index (χ1) is 9.17. The van der Waals surface area contributed by atoms with Crippen molar-refractivity contribution in [3.8, 4) is 5.88 Å². The fraction of sp³-hybridized carbons (Fsp3) is 0.231. The highest BCUT2D eigenvalue weighted by atomic mass is 32.1. The average Bonchev–Trinajstić information content (AvgIpc) is 2.93. The van der Waals surface area contributed by atoms with E-state index < -0.39 is 0 Å². The van der Waals surface area contributed by atoms with Crippen LogP contribution in [0.2, 0.25) is 0 Å². The van der Waals surface area contributed by atoms with E-state index in [2.05, 4.69) is 21.8 Å². The molecule has 0 radical (unpaired) electrons. The molecule has 0 spiro atoms. The first kappa shape index (κ1) is 12.0. The molecule has 0 bridgehead atoms. The predicted molar refractivity (Wildman–Crippen MR) is 75.3 cm³/mol. The fourth-order valence-electron chi connectivity index (χ4n) is 2.11. The maximum absolute atomic E-state index is 11.1. The van der Waals surface area contributed by atoms with Crippen LogP contribution in [-0.4, -0.2) is 23.3 Å². The minimum atomic E-state index is -0.255. The van der Waals surface area contributed by atoms with Crippen molar-refractivity contribution in [2.24, 2.45) is 4.99 Å². The summed E-state index contributed by atoms with van der Waals surface area (Å²) in [5.74, 6) is -0.0764. The Hall–Kier alpha value is -2.08. The molecule has 3 rings (SSSR count). The molecule has 1 aliphatic rings. The van der Waals surface area contributed by atoms with E-state index in [1.165, 1.54) is 0 Å². The number of H-pyrrole nitrogens is 1. The maximum Gasteiger partial charge on any atom is 0.307 e. The largest absolute Gasteiger partial charge is 0.493 e. The van der Waals surface area contributed by atoms with E-state index in [9.17, 15) is 9.90 Å². The van der Waals surface area contributed by atoms with Crippen LogP contribution in [0.5, 0.6) is 5.88 Å². The summed E-state index contributed by atoms with van der Waals surface area (Å²) in [5.41, 5.74) is 1.10. The van der Waals surface area contributed by atoms with Crippen molar-refractivity contribution < 1.29 is 5.11 Å². The van der Waals surface area contributed by atoms with Gasteiger partial charge in [-0.1, -0.05) is 17.4 Å². The first-order valence-electron chi connectivity index (χ1n) is 6.00. The molecular formula is C13H13N3O2S. The maximum atomic E-state index is 11.1. The van der Waals surface area contributed by atoms with E-state index >= 15 is 0 Å². The molecule has 2 N–H and O–H groups in total. The van der Waals surface area contributed by atoms with E-state index in [0.29, 0.717) is 11.5 Å². The van der Waals surface area contributed by atoms with Crippen molar-refractivity contribution in [2.75, 3.05) is 18.1 Å². The van der Waals surface area contributed by atoms with Gasteiger partial charge in [0.2, 0.25) is 5.88 Å². The summed E-state index contributed by atoms with van der Waals surface area (Å²) < 4.78 is 0. The van der Waals surface area contributed by atoms with Crippen molar-refractivity contribution >= 4 is 23.1 Å². The summed E-state index contributed by atoms with van der Waals surface area (Å²) in [4.78, 5) is 20.4. The van der Waals surface area contributed by atoms with Gasteiger partial charge in [-0.25, -0.2) is 0 Å². The van der Waals surface area contributed by atoms with Crippen LogP contribution in [0.4, 0.5) is 5.69 Å². The quantitative estimate of drug-likeness (QED) is 0.833. The van der Waals surface area contributed by atoms with Crippen LogP contribution in [0.25, 0.3) is 6.08 Å². The molecular weight excluding hydrogens is 262 g/mol. The highest BCUT2D eigenvalue weighted by Gasteiger charge is 2.11. The Labute approximate surface area is 113 Å². The van der Waals surface area contributed by atoms with Crippen molar-refractivity contribution in [3.63, 3.8) is 0 Å². The zero-order valence-electron chi connectivity index (χ0n) is 10.4. The van der Waals surface area contributed by atoms with Gasteiger partial charge in [-0.2, -0.15) is 0 Å². The molecule has 0 amide bonds. The second-order valence-electron chi connectivity index (χ2n) is 4.28. The van der Waals surface area contributed by atoms with Crippen molar-refractivity contribution in [1.29, 1.82) is 0 Å². The van der Waals surface area contributed by atoms with Gasteiger partial charge < -0.3 is 10.0 Å². The van der Waals surface area contributed by atoms with E-state index in [-0.39, 0.29) is 10.8 Å². The van der Waals surface area contributed by atoms with Gasteiger partial charge in [-0.05, 0) is 30.4 Å². The van der Waals surface area contributed by atoms with Crippen LogP contribution in [0.15, 0.2) is 28.0 Å². The number of rotatable bonds is 2. The zero-order chi connectivity index (χ0) is 13.4. The number of aromatic amines is 1. The molecule has 98 valence electrons. The number of thiazole rings is 1. The molecule has 19 heavy (non-hydrogen) atoms. The number of nitrogens with one attached hydrogen (secondary N) is 1. The van der Waals surface area contributed by atoms with Crippen molar-refractivity contribution in [3.05, 3.63) is 43.3 Å². The Kier molecular flexibility index (Phi) is 2.87. The molecule has 0 fully saturated rings. The topological polar surface area (TPSA) is 68.7 Å². The number of fused-ring (bicyclic) bond motifs is 1. The SMILES string of the molecule is CCN1CN=c2cc/c(=C\c3sc(=O)[nH]c3O)cc21. The Bertz CT molecular complexity index is 791. The number of hydrogen-bond acceptors (Lipinski definition) is 5. The number of hydrogen-bond donors (Lipinski definition) is 2. The van der Waals surface area contributed by atoms with Crippen LogP contribution >= 0.6 is 11.3 Å². The molecule has 1 aliphatic heterocycles. The standard InChI is InChI=1S/C13H13N3O2S/c1-2-16-7-14-9-4-3-8(5-10(9)16)6-11-12(17)15-13(18)19-11/h3-6,17H,2,7H2,1H3,(H,15,18)/b8-6+. The number of benzene rings is 1. The molecule has 2 aromatic rings. The Morgan fingerprint density at radius 3 is 3.11 bits per heavy atom. The van der Waals surface area contributed by atoms with E-state index in [4.69, 9.17) is 0 Å². The molecule has 0 saturated heterocycles. The molecule has 5 nitrogen and oxygen atoms in total. The summed E-state index contributed by atoms with van der Waals surface area (Å²) in [6.45, 7) is 3.69. The van der Waals surface area contributed by atoms with E-state index in [1.54, 1.807) is 6.08 Å². The lowest BCUT2D eigenvalue weighted by molar-refractivity contribution is 0.455. The Balaban J connectivity index is 2.11. The molecule has 0 saturated carbocycles. The molecule has 0 aliphatic carbocycles. The van der Waals surface area contributed by atoms with Gasteiger partial charge in [0.1, 0.15) is 6.67 Å². The molecule has 1 aromatic heterocycles. The van der Waals surface area contributed by atoms with Crippen LogP contribution in [0.3, 0.4) is 0 Å². The number of aromatic nitrogens is 1. The number of anilines is 1. The normalized spacial score (nSPS) is 14.6. The lowest BCUT2D eigenvalue weighted by Crippen LogP contribution is -2.22. The van der Waals surface area contributed by atoms with E-state index in [0.717, 1.165) is 34.1 Å². The van der Waals surface area contributed by atoms with E-state index in [1.807, 2.05) is 18.2 Å². The summed E-state index contributed by atoms with van der Waals surface area (Å²) in [6, 6.07) is 5.92. The monoisotopic (exact) mass is 275 g/mol. The molecule has 0 atom stereocenters. The van der Waals surface area contributed by atoms with Gasteiger partial charge in [0.15, 0.2) is 0 Å². The molecule has 1 aromatic carbocycles. The third-order valence-electron chi connectivity index (χ3n) is 3.09. The second kappa shape index (κ2) is 4.55. The van der Waals surface area contributed by atoms with Gasteiger partial charge >= 0.3 is 4.87 Å². The highest BCUT2D eigenvalue weighted by Crippen LogP contribution is 2.16. The average molecular weight is 275 g/mol. The van der Waals surface area contributed by atoms with Gasteiger partial charge in [-0.15, -0.1) is 0 Å². The summed E-state index contributed by atoms with van der Waals surface area (Å²) >= 11 is 0.995.